The van der Waals surface area contributed by atoms with Crippen LogP contribution in [0.1, 0.15) is 23.3 Å². The number of fused-ring (bicyclic) bond motifs is 4. The van der Waals surface area contributed by atoms with Gasteiger partial charge in [-0.2, -0.15) is 5.10 Å². The van der Waals surface area contributed by atoms with E-state index >= 15 is 0 Å². The largest absolute Gasteiger partial charge is 0.496 e. The van der Waals surface area contributed by atoms with Crippen LogP contribution >= 0.6 is 11.3 Å². The summed E-state index contributed by atoms with van der Waals surface area (Å²) in [6.45, 7) is 3.00. The van der Waals surface area contributed by atoms with E-state index < -0.39 is 0 Å². The molecule has 2 aromatic heterocycles. The van der Waals surface area contributed by atoms with Gasteiger partial charge in [0.1, 0.15) is 5.75 Å². The predicted octanol–water partition coefficient (Wildman–Crippen LogP) is 2.82. The summed E-state index contributed by atoms with van der Waals surface area (Å²) in [6.07, 6.45) is 2.33. The molecule has 0 radical (unpaired) electrons. The Morgan fingerprint density at radius 1 is 1.37 bits per heavy atom. The predicted molar refractivity (Wildman–Crippen MR) is 115 cm³/mol. The van der Waals surface area contributed by atoms with Crippen LogP contribution in [0.25, 0.3) is 21.3 Å². The van der Waals surface area contributed by atoms with Gasteiger partial charge in [0.25, 0.3) is 12.4 Å². The van der Waals surface area contributed by atoms with Crippen molar-refractivity contribution in [3.05, 3.63) is 35.3 Å². The number of aromatic nitrogens is 2. The lowest BCUT2D eigenvalue weighted by molar-refractivity contribution is -0.122. The summed E-state index contributed by atoms with van der Waals surface area (Å²) in [6, 6.07) is 8.10. The van der Waals surface area contributed by atoms with Gasteiger partial charge in [0.15, 0.2) is 5.69 Å². The Morgan fingerprint density at radius 2 is 2.13 bits per heavy atom. The molecule has 9 heteroatoms. The first-order chi connectivity index (χ1) is 14.7. The minimum atomic E-state index is -0.250. The van der Waals surface area contributed by atoms with Gasteiger partial charge in [-0.3, -0.25) is 14.7 Å². The number of aromatic amines is 1. The number of methoxy groups -OCH3 is 1. The summed E-state index contributed by atoms with van der Waals surface area (Å²) in [5, 5.41) is 20.4. The molecule has 3 saturated heterocycles. The molecule has 158 valence electrons. The van der Waals surface area contributed by atoms with Crippen molar-refractivity contribution >= 4 is 34.6 Å². The van der Waals surface area contributed by atoms with Crippen LogP contribution in [0.3, 0.4) is 0 Å². The molecule has 1 amide bonds. The molecule has 1 aromatic carbocycles. The average Bonchev–Trinajstić information content (AvgIpc) is 3.44. The van der Waals surface area contributed by atoms with E-state index in [-0.39, 0.29) is 18.4 Å². The Hall–Kier alpha value is -2.91. The molecule has 0 unspecified atom stereocenters. The lowest BCUT2D eigenvalue weighted by Crippen LogP contribution is -2.57. The fourth-order valence-corrected chi connectivity index (χ4v) is 5.24. The van der Waals surface area contributed by atoms with E-state index in [2.05, 4.69) is 20.4 Å². The Morgan fingerprint density at radius 3 is 2.73 bits per heavy atom. The molecule has 2 bridgehead atoms. The lowest BCUT2D eigenvalue weighted by Gasteiger charge is -2.44. The second-order valence-corrected chi connectivity index (χ2v) is 8.39. The fourth-order valence-electron chi connectivity index (χ4n) is 4.46. The van der Waals surface area contributed by atoms with Gasteiger partial charge < -0.3 is 20.1 Å². The van der Waals surface area contributed by atoms with Crippen molar-refractivity contribution < 1.29 is 19.4 Å². The van der Waals surface area contributed by atoms with Crippen LogP contribution in [-0.4, -0.2) is 65.4 Å². The standard InChI is InChI=1S/C20H22N4O2S.CH2O2/c1-26-15-5-4-13-17(18(15)16-3-2-10-27-16)19(23-22-13)20(25)21-14-11-24-8-6-12(14)7-9-24;2-1-3/h2-5,10,12,14H,6-9,11H2,1H3,(H,21,25)(H,22,23);1H,(H,2,3)/t14-;/m1./s1. The normalized spacial score (nSPS) is 22.2. The summed E-state index contributed by atoms with van der Waals surface area (Å²) in [4.78, 5) is 25.0. The SMILES string of the molecule is COc1ccc2[nH]nc(C(=O)N[C@@H]3CN4CCC3CC4)c2c1-c1cccs1.O=CO. The lowest BCUT2D eigenvalue weighted by atomic mass is 9.84. The van der Waals surface area contributed by atoms with Crippen LogP contribution in [0.4, 0.5) is 0 Å². The fraction of sp³-hybridized carbons (Fsp3) is 0.381. The molecule has 8 nitrogen and oxygen atoms in total. The molecular weight excluding hydrogens is 404 g/mol. The molecular formula is C21H24N4O4S. The van der Waals surface area contributed by atoms with Crippen LogP contribution in [0.5, 0.6) is 5.75 Å². The average molecular weight is 429 g/mol. The van der Waals surface area contributed by atoms with Gasteiger partial charge in [-0.1, -0.05) is 6.07 Å². The number of rotatable bonds is 4. The number of thiophene rings is 1. The van der Waals surface area contributed by atoms with Crippen LogP contribution in [0.2, 0.25) is 0 Å². The van der Waals surface area contributed by atoms with E-state index in [0.717, 1.165) is 46.7 Å². The summed E-state index contributed by atoms with van der Waals surface area (Å²) in [5.41, 5.74) is 2.22. The minimum Gasteiger partial charge on any atom is -0.496 e. The van der Waals surface area contributed by atoms with Crippen molar-refractivity contribution in [1.29, 1.82) is 0 Å². The summed E-state index contributed by atoms with van der Waals surface area (Å²) >= 11 is 1.63. The zero-order valence-corrected chi connectivity index (χ0v) is 17.4. The van der Waals surface area contributed by atoms with Gasteiger partial charge in [0.2, 0.25) is 0 Å². The van der Waals surface area contributed by atoms with Crippen LogP contribution in [0, 0.1) is 5.92 Å². The van der Waals surface area contributed by atoms with E-state index in [0.29, 0.717) is 11.6 Å². The number of piperidine rings is 3. The molecule has 0 spiro atoms. The van der Waals surface area contributed by atoms with E-state index in [1.807, 2.05) is 29.6 Å². The molecule has 3 fully saturated rings. The van der Waals surface area contributed by atoms with E-state index in [1.54, 1.807) is 18.4 Å². The van der Waals surface area contributed by atoms with E-state index in [4.69, 9.17) is 14.6 Å². The highest BCUT2D eigenvalue weighted by molar-refractivity contribution is 7.13. The molecule has 6 rings (SSSR count). The molecule has 3 aromatic rings. The molecule has 5 heterocycles. The molecule has 30 heavy (non-hydrogen) atoms. The van der Waals surface area contributed by atoms with Gasteiger partial charge in [0, 0.05) is 28.4 Å². The number of carboxylic acid groups (broad SMARTS) is 1. The smallest absolute Gasteiger partial charge is 0.290 e. The zero-order chi connectivity index (χ0) is 21.1. The van der Waals surface area contributed by atoms with Gasteiger partial charge in [-0.25, -0.2) is 0 Å². The first-order valence-corrected chi connectivity index (χ1v) is 10.7. The number of benzene rings is 1. The van der Waals surface area contributed by atoms with Crippen LogP contribution in [0.15, 0.2) is 29.6 Å². The quantitative estimate of drug-likeness (QED) is 0.552. The molecule has 3 N–H and O–H groups in total. The van der Waals surface area contributed by atoms with Crippen molar-refractivity contribution in [3.8, 4) is 16.2 Å². The van der Waals surface area contributed by atoms with Crippen molar-refractivity contribution in [3.63, 3.8) is 0 Å². The molecule has 0 saturated carbocycles. The first kappa shape index (κ1) is 20.4. The molecule has 1 atom stereocenters. The first-order valence-electron chi connectivity index (χ1n) is 9.86. The van der Waals surface area contributed by atoms with Gasteiger partial charge in [-0.15, -0.1) is 11.3 Å². The second-order valence-electron chi connectivity index (χ2n) is 7.44. The number of hydrogen-bond acceptors (Lipinski definition) is 6. The number of H-pyrrole nitrogens is 1. The van der Waals surface area contributed by atoms with Crippen molar-refractivity contribution in [2.75, 3.05) is 26.7 Å². The van der Waals surface area contributed by atoms with Crippen molar-refractivity contribution in [2.45, 2.75) is 18.9 Å². The Balaban J connectivity index is 0.000000687. The minimum absolute atomic E-state index is 0.106. The van der Waals surface area contributed by atoms with E-state index in [1.165, 1.54) is 12.8 Å². The third-order valence-corrected chi connectivity index (χ3v) is 6.75. The van der Waals surface area contributed by atoms with Gasteiger partial charge in [-0.05, 0) is 55.4 Å². The molecule has 3 aliphatic heterocycles. The maximum atomic E-state index is 13.1. The monoisotopic (exact) mass is 428 g/mol. The summed E-state index contributed by atoms with van der Waals surface area (Å²) in [7, 11) is 1.66. The summed E-state index contributed by atoms with van der Waals surface area (Å²) < 4.78 is 5.60. The molecule has 0 aliphatic carbocycles. The van der Waals surface area contributed by atoms with Crippen molar-refractivity contribution in [1.82, 2.24) is 20.4 Å². The highest BCUT2D eigenvalue weighted by Gasteiger charge is 2.35. The maximum Gasteiger partial charge on any atom is 0.290 e. The maximum absolute atomic E-state index is 13.1. The van der Waals surface area contributed by atoms with E-state index in [9.17, 15) is 4.79 Å². The number of carbonyl (C=O) groups excluding carboxylic acids is 1. The number of ether oxygens (including phenoxy) is 1. The highest BCUT2D eigenvalue weighted by Crippen LogP contribution is 2.40. The Labute approximate surface area is 177 Å². The van der Waals surface area contributed by atoms with Gasteiger partial charge in [0.05, 0.1) is 12.6 Å². The number of carbonyl (C=O) groups is 2. The zero-order valence-electron chi connectivity index (χ0n) is 16.6. The number of hydrogen-bond donors (Lipinski definition) is 3. The van der Waals surface area contributed by atoms with Gasteiger partial charge >= 0.3 is 0 Å². The number of nitrogens with one attached hydrogen (secondary N) is 2. The third-order valence-electron chi connectivity index (χ3n) is 5.87. The third kappa shape index (κ3) is 3.78. The second kappa shape index (κ2) is 8.85. The topological polar surface area (TPSA) is 108 Å². The van der Waals surface area contributed by atoms with Crippen molar-refractivity contribution in [2.24, 2.45) is 5.92 Å². The number of nitrogens with zero attached hydrogens (tertiary/aromatic N) is 2. The summed E-state index contributed by atoms with van der Waals surface area (Å²) in [5.74, 6) is 1.23. The number of amides is 1. The Bertz CT molecular complexity index is 1030. The van der Waals surface area contributed by atoms with Crippen LogP contribution < -0.4 is 10.1 Å². The molecule has 3 aliphatic rings. The Kier molecular flexibility index (Phi) is 6.01. The highest BCUT2D eigenvalue weighted by atomic mass is 32.1. The van der Waals surface area contributed by atoms with Crippen LogP contribution in [-0.2, 0) is 4.79 Å².